The van der Waals surface area contributed by atoms with Gasteiger partial charge in [0.05, 0.1) is 11.4 Å². The van der Waals surface area contributed by atoms with Gasteiger partial charge < -0.3 is 5.32 Å². The summed E-state index contributed by atoms with van der Waals surface area (Å²) in [6.45, 7) is 3.37. The van der Waals surface area contributed by atoms with Crippen molar-refractivity contribution in [1.82, 2.24) is 4.31 Å². The van der Waals surface area contributed by atoms with Gasteiger partial charge in [-0.2, -0.15) is 4.31 Å². The van der Waals surface area contributed by atoms with Gasteiger partial charge >= 0.3 is 0 Å². The highest BCUT2D eigenvalue weighted by atomic mass is 35.5. The largest absolute Gasteiger partial charge is 0.325 e. The maximum absolute atomic E-state index is 12.5. The average molecular weight is 367 g/mol. The van der Waals surface area contributed by atoms with Gasteiger partial charge in [-0.25, -0.2) is 8.42 Å². The Bertz CT molecular complexity index is 849. The normalized spacial score (nSPS) is 11.5. The molecule has 7 heteroatoms. The third kappa shape index (κ3) is 4.14. The van der Waals surface area contributed by atoms with E-state index >= 15 is 0 Å². The number of carbonyl (C=O) groups excluding carboxylic acids is 1. The SMILES string of the molecule is Cc1ccc(S(=O)(=O)N(C)CC(=O)Nc2cccc(Cl)c2C)cc1. The molecule has 0 radical (unpaired) electrons. The van der Waals surface area contributed by atoms with Crippen LogP contribution in [0, 0.1) is 13.8 Å². The zero-order chi connectivity index (χ0) is 17.9. The molecule has 2 aromatic rings. The number of rotatable bonds is 5. The van der Waals surface area contributed by atoms with Crippen molar-refractivity contribution < 1.29 is 13.2 Å². The first-order chi connectivity index (χ1) is 11.2. The van der Waals surface area contributed by atoms with E-state index in [-0.39, 0.29) is 11.4 Å². The number of halogens is 1. The van der Waals surface area contributed by atoms with Crippen LogP contribution in [0.1, 0.15) is 11.1 Å². The lowest BCUT2D eigenvalue weighted by atomic mass is 10.2. The Kier molecular flexibility index (Phi) is 5.64. The van der Waals surface area contributed by atoms with Crippen LogP contribution >= 0.6 is 11.6 Å². The Morgan fingerprint density at radius 1 is 1.12 bits per heavy atom. The van der Waals surface area contributed by atoms with Crippen molar-refractivity contribution in [3.8, 4) is 0 Å². The standard InChI is InChI=1S/C17H19ClN2O3S/c1-12-7-9-14(10-8-12)24(22,23)20(3)11-17(21)19-16-6-4-5-15(18)13(16)2/h4-10H,11H2,1-3H3,(H,19,21). The summed E-state index contributed by atoms with van der Waals surface area (Å²) in [5.74, 6) is -0.432. The zero-order valence-corrected chi connectivity index (χ0v) is 15.3. The molecule has 0 bridgehead atoms. The molecule has 0 aliphatic carbocycles. The molecular formula is C17H19ClN2O3S. The molecule has 1 N–H and O–H groups in total. The minimum atomic E-state index is -3.71. The molecule has 0 aliphatic rings. The Morgan fingerprint density at radius 2 is 1.75 bits per heavy atom. The molecule has 24 heavy (non-hydrogen) atoms. The van der Waals surface area contributed by atoms with Gasteiger partial charge in [0.1, 0.15) is 0 Å². The van der Waals surface area contributed by atoms with Crippen LogP contribution in [0.2, 0.25) is 5.02 Å². The number of benzene rings is 2. The van der Waals surface area contributed by atoms with E-state index in [2.05, 4.69) is 5.32 Å². The van der Waals surface area contributed by atoms with Crippen molar-refractivity contribution >= 4 is 33.2 Å². The molecule has 0 fully saturated rings. The van der Waals surface area contributed by atoms with Crippen molar-refractivity contribution in [1.29, 1.82) is 0 Å². The molecule has 2 rings (SSSR count). The number of anilines is 1. The maximum Gasteiger partial charge on any atom is 0.243 e. The topological polar surface area (TPSA) is 66.5 Å². The molecule has 5 nitrogen and oxygen atoms in total. The number of aryl methyl sites for hydroxylation is 1. The Morgan fingerprint density at radius 3 is 2.38 bits per heavy atom. The number of nitrogens with zero attached hydrogens (tertiary/aromatic N) is 1. The van der Waals surface area contributed by atoms with E-state index in [1.54, 1.807) is 37.3 Å². The van der Waals surface area contributed by atoms with Gasteiger partial charge in [-0.3, -0.25) is 4.79 Å². The maximum atomic E-state index is 12.5. The summed E-state index contributed by atoms with van der Waals surface area (Å²) in [6, 6.07) is 11.7. The van der Waals surface area contributed by atoms with Crippen molar-refractivity contribution in [3.63, 3.8) is 0 Å². The van der Waals surface area contributed by atoms with Crippen LogP contribution < -0.4 is 5.32 Å². The second-order valence-electron chi connectivity index (χ2n) is 5.53. The third-order valence-corrected chi connectivity index (χ3v) is 5.86. The molecule has 0 aliphatic heterocycles. The zero-order valence-electron chi connectivity index (χ0n) is 13.7. The Hall–Kier alpha value is -1.89. The van der Waals surface area contributed by atoms with Gasteiger partial charge in [-0.05, 0) is 43.7 Å². The number of hydrogen-bond donors (Lipinski definition) is 1. The summed E-state index contributed by atoms with van der Waals surface area (Å²) in [5.41, 5.74) is 2.26. The van der Waals surface area contributed by atoms with E-state index in [1.165, 1.54) is 19.2 Å². The molecule has 0 heterocycles. The number of likely N-dealkylation sites (N-methyl/N-ethyl adjacent to an activating group) is 1. The van der Waals surface area contributed by atoms with Gasteiger partial charge in [0, 0.05) is 17.8 Å². The van der Waals surface area contributed by atoms with Gasteiger partial charge in [-0.15, -0.1) is 0 Å². The van der Waals surface area contributed by atoms with Crippen LogP contribution in [-0.4, -0.2) is 32.2 Å². The van der Waals surface area contributed by atoms with Crippen LogP contribution in [0.5, 0.6) is 0 Å². The molecule has 0 saturated carbocycles. The second-order valence-corrected chi connectivity index (χ2v) is 7.99. The van der Waals surface area contributed by atoms with Gasteiger partial charge in [0.25, 0.3) is 0 Å². The molecule has 128 valence electrons. The lowest BCUT2D eigenvalue weighted by molar-refractivity contribution is -0.116. The van der Waals surface area contributed by atoms with Gasteiger partial charge in [0.15, 0.2) is 0 Å². The second kappa shape index (κ2) is 7.34. The molecular weight excluding hydrogens is 348 g/mol. The Labute approximate surface area is 147 Å². The lowest BCUT2D eigenvalue weighted by Crippen LogP contribution is -2.35. The highest BCUT2D eigenvalue weighted by Gasteiger charge is 2.23. The molecule has 0 spiro atoms. The van der Waals surface area contributed by atoms with E-state index in [9.17, 15) is 13.2 Å². The monoisotopic (exact) mass is 366 g/mol. The van der Waals surface area contributed by atoms with E-state index in [0.29, 0.717) is 10.7 Å². The van der Waals surface area contributed by atoms with Crippen LogP contribution in [0.3, 0.4) is 0 Å². The van der Waals surface area contributed by atoms with Crippen LogP contribution in [0.25, 0.3) is 0 Å². The number of carbonyl (C=O) groups is 1. The summed E-state index contributed by atoms with van der Waals surface area (Å²) < 4.78 is 26.0. The van der Waals surface area contributed by atoms with E-state index in [4.69, 9.17) is 11.6 Å². The predicted octanol–water partition coefficient (Wildman–Crippen LogP) is 3.22. The van der Waals surface area contributed by atoms with E-state index in [1.807, 2.05) is 6.92 Å². The number of amides is 1. The molecule has 0 saturated heterocycles. The fourth-order valence-electron chi connectivity index (χ4n) is 2.11. The number of hydrogen-bond acceptors (Lipinski definition) is 3. The van der Waals surface area contributed by atoms with E-state index < -0.39 is 15.9 Å². The molecule has 2 aromatic carbocycles. The number of sulfonamides is 1. The van der Waals surface area contributed by atoms with Gasteiger partial charge in [-0.1, -0.05) is 35.4 Å². The van der Waals surface area contributed by atoms with Crippen molar-refractivity contribution in [2.24, 2.45) is 0 Å². The summed E-state index contributed by atoms with van der Waals surface area (Å²) in [7, 11) is -2.34. The van der Waals surface area contributed by atoms with E-state index in [0.717, 1.165) is 15.4 Å². The van der Waals surface area contributed by atoms with Crippen molar-refractivity contribution in [2.45, 2.75) is 18.7 Å². The highest BCUT2D eigenvalue weighted by molar-refractivity contribution is 7.89. The predicted molar refractivity (Wildman–Crippen MR) is 95.8 cm³/mol. The third-order valence-electron chi connectivity index (χ3n) is 3.64. The summed E-state index contributed by atoms with van der Waals surface area (Å²) in [6.07, 6.45) is 0. The molecule has 0 unspecified atom stereocenters. The average Bonchev–Trinajstić information content (AvgIpc) is 2.52. The van der Waals surface area contributed by atoms with Crippen LogP contribution in [0.15, 0.2) is 47.4 Å². The lowest BCUT2D eigenvalue weighted by Gasteiger charge is -2.17. The van der Waals surface area contributed by atoms with Crippen molar-refractivity contribution in [3.05, 3.63) is 58.6 Å². The van der Waals surface area contributed by atoms with Crippen LogP contribution in [-0.2, 0) is 14.8 Å². The Balaban J connectivity index is 2.10. The van der Waals surface area contributed by atoms with Gasteiger partial charge in [0.2, 0.25) is 15.9 Å². The quantitative estimate of drug-likeness (QED) is 0.883. The molecule has 0 atom stereocenters. The summed E-state index contributed by atoms with van der Waals surface area (Å²) in [4.78, 5) is 12.3. The van der Waals surface area contributed by atoms with Crippen molar-refractivity contribution in [2.75, 3.05) is 18.9 Å². The number of nitrogens with one attached hydrogen (secondary N) is 1. The summed E-state index contributed by atoms with van der Waals surface area (Å²) >= 11 is 6.01. The van der Waals surface area contributed by atoms with Crippen LogP contribution in [0.4, 0.5) is 5.69 Å². The fourth-order valence-corrected chi connectivity index (χ4v) is 3.41. The molecule has 0 aromatic heterocycles. The molecule has 1 amide bonds. The summed E-state index contributed by atoms with van der Waals surface area (Å²) in [5, 5.41) is 3.22. The first-order valence-electron chi connectivity index (χ1n) is 7.30. The minimum Gasteiger partial charge on any atom is -0.325 e. The smallest absolute Gasteiger partial charge is 0.243 e. The fraction of sp³-hybridized carbons (Fsp3) is 0.235. The highest BCUT2D eigenvalue weighted by Crippen LogP contribution is 2.23. The minimum absolute atomic E-state index is 0.155. The first-order valence-corrected chi connectivity index (χ1v) is 9.11. The first kappa shape index (κ1) is 18.4.